The third kappa shape index (κ3) is 6.39. The van der Waals surface area contributed by atoms with Crippen LogP contribution >= 0.6 is 0 Å². The van der Waals surface area contributed by atoms with E-state index in [1.807, 2.05) is 6.92 Å². The van der Waals surface area contributed by atoms with Gasteiger partial charge in [-0.3, -0.25) is 4.90 Å². The Bertz CT molecular complexity index is 275. The van der Waals surface area contributed by atoms with E-state index >= 15 is 0 Å². The SMILES string of the molecule is CCC(O)(CN)CCCN1CCN(CC(F)(F)F)CC1. The van der Waals surface area contributed by atoms with E-state index < -0.39 is 18.3 Å². The van der Waals surface area contributed by atoms with Crippen LogP contribution in [0.25, 0.3) is 0 Å². The van der Waals surface area contributed by atoms with Crippen LogP contribution in [0.1, 0.15) is 26.2 Å². The molecule has 0 aliphatic carbocycles. The average Bonchev–Trinajstić information content (AvgIpc) is 2.39. The van der Waals surface area contributed by atoms with Gasteiger partial charge in [0, 0.05) is 32.7 Å². The number of halogens is 3. The molecule has 1 heterocycles. The lowest BCUT2D eigenvalue weighted by Crippen LogP contribution is -2.49. The summed E-state index contributed by atoms with van der Waals surface area (Å²) in [6.45, 7) is 4.37. The molecule has 1 rings (SSSR count). The largest absolute Gasteiger partial charge is 0.401 e. The summed E-state index contributed by atoms with van der Waals surface area (Å²) in [7, 11) is 0. The van der Waals surface area contributed by atoms with Crippen LogP contribution in [0.2, 0.25) is 0 Å². The number of rotatable bonds is 7. The molecule has 0 saturated carbocycles. The van der Waals surface area contributed by atoms with Gasteiger partial charge in [0.05, 0.1) is 12.1 Å². The maximum atomic E-state index is 12.3. The first-order valence-electron chi connectivity index (χ1n) is 7.22. The maximum Gasteiger partial charge on any atom is 0.401 e. The van der Waals surface area contributed by atoms with Crippen molar-refractivity contribution in [2.45, 2.75) is 38.0 Å². The van der Waals surface area contributed by atoms with Gasteiger partial charge < -0.3 is 15.7 Å². The lowest BCUT2D eigenvalue weighted by Gasteiger charge is -2.35. The van der Waals surface area contributed by atoms with Crippen LogP contribution in [0.3, 0.4) is 0 Å². The number of alkyl halides is 3. The normalized spacial score (nSPS) is 21.9. The topological polar surface area (TPSA) is 52.7 Å². The minimum Gasteiger partial charge on any atom is -0.389 e. The summed E-state index contributed by atoms with van der Waals surface area (Å²) in [5, 5.41) is 10.1. The Hall–Kier alpha value is -0.370. The highest BCUT2D eigenvalue weighted by Crippen LogP contribution is 2.19. The number of nitrogens with two attached hydrogens (primary N) is 1. The molecule has 0 aromatic heterocycles. The fourth-order valence-corrected chi connectivity index (χ4v) is 2.48. The molecule has 120 valence electrons. The Morgan fingerprint density at radius 3 is 2.10 bits per heavy atom. The van der Waals surface area contributed by atoms with Crippen molar-refractivity contribution in [1.29, 1.82) is 0 Å². The zero-order valence-corrected chi connectivity index (χ0v) is 12.1. The number of piperazine rings is 1. The Morgan fingerprint density at radius 2 is 1.65 bits per heavy atom. The van der Waals surface area contributed by atoms with Crippen molar-refractivity contribution in [3.63, 3.8) is 0 Å². The highest BCUT2D eigenvalue weighted by atomic mass is 19.4. The van der Waals surface area contributed by atoms with E-state index in [4.69, 9.17) is 5.73 Å². The van der Waals surface area contributed by atoms with Crippen LogP contribution in [0.5, 0.6) is 0 Å². The zero-order chi connectivity index (χ0) is 15.2. The van der Waals surface area contributed by atoms with Crippen molar-refractivity contribution < 1.29 is 18.3 Å². The lowest BCUT2D eigenvalue weighted by molar-refractivity contribution is -0.149. The first-order chi connectivity index (χ1) is 9.28. The molecule has 0 amide bonds. The highest BCUT2D eigenvalue weighted by molar-refractivity contribution is 4.79. The molecule has 0 aromatic rings. The van der Waals surface area contributed by atoms with Crippen molar-refractivity contribution in [3.05, 3.63) is 0 Å². The van der Waals surface area contributed by atoms with Gasteiger partial charge in [-0.1, -0.05) is 6.92 Å². The van der Waals surface area contributed by atoms with Gasteiger partial charge in [-0.05, 0) is 25.8 Å². The van der Waals surface area contributed by atoms with Gasteiger partial charge in [-0.25, -0.2) is 0 Å². The fourth-order valence-electron chi connectivity index (χ4n) is 2.48. The van der Waals surface area contributed by atoms with Crippen LogP contribution in [-0.4, -0.2) is 72.5 Å². The molecule has 20 heavy (non-hydrogen) atoms. The summed E-state index contributed by atoms with van der Waals surface area (Å²) >= 11 is 0. The van der Waals surface area contributed by atoms with Gasteiger partial charge in [0.25, 0.3) is 0 Å². The molecule has 0 spiro atoms. The molecular weight excluding hydrogens is 271 g/mol. The molecule has 1 unspecified atom stereocenters. The van der Waals surface area contributed by atoms with Crippen molar-refractivity contribution in [3.8, 4) is 0 Å². The molecule has 3 N–H and O–H groups in total. The predicted octanol–water partition coefficient (Wildman–Crippen LogP) is 1.05. The van der Waals surface area contributed by atoms with Gasteiger partial charge in [-0.2, -0.15) is 13.2 Å². The second-order valence-electron chi connectivity index (χ2n) is 5.62. The number of aliphatic hydroxyl groups is 1. The summed E-state index contributed by atoms with van der Waals surface area (Å²) in [5.41, 5.74) is 4.74. The smallest absolute Gasteiger partial charge is 0.389 e. The standard InChI is InChI=1S/C13H26F3N3O/c1-2-12(20,10-17)4-3-5-18-6-8-19(9-7-18)11-13(14,15)16/h20H,2-11,17H2,1H3. The van der Waals surface area contributed by atoms with Crippen LogP contribution in [0, 0.1) is 0 Å². The summed E-state index contributed by atoms with van der Waals surface area (Å²) in [4.78, 5) is 3.60. The summed E-state index contributed by atoms with van der Waals surface area (Å²) in [6.07, 6.45) is -2.02. The third-order valence-electron chi connectivity index (χ3n) is 4.02. The van der Waals surface area contributed by atoms with Crippen LogP contribution in [0.4, 0.5) is 13.2 Å². The maximum absolute atomic E-state index is 12.3. The first kappa shape index (κ1) is 17.7. The predicted molar refractivity (Wildman–Crippen MR) is 72.5 cm³/mol. The Labute approximate surface area is 118 Å². The Kier molecular flexibility index (Phi) is 6.71. The average molecular weight is 297 g/mol. The molecule has 0 bridgehead atoms. The van der Waals surface area contributed by atoms with Gasteiger partial charge in [0.1, 0.15) is 0 Å². The minimum atomic E-state index is -4.11. The summed E-state index contributed by atoms with van der Waals surface area (Å²) < 4.78 is 36.8. The van der Waals surface area contributed by atoms with E-state index in [1.165, 1.54) is 4.90 Å². The van der Waals surface area contributed by atoms with Gasteiger partial charge in [0.15, 0.2) is 0 Å². The van der Waals surface area contributed by atoms with Crippen molar-refractivity contribution in [2.24, 2.45) is 5.73 Å². The quantitative estimate of drug-likeness (QED) is 0.737. The van der Waals surface area contributed by atoms with Gasteiger partial charge >= 0.3 is 6.18 Å². The van der Waals surface area contributed by atoms with E-state index in [0.717, 1.165) is 13.0 Å². The lowest BCUT2D eigenvalue weighted by atomic mass is 9.95. The zero-order valence-electron chi connectivity index (χ0n) is 12.1. The molecule has 7 heteroatoms. The Morgan fingerprint density at radius 1 is 1.10 bits per heavy atom. The fraction of sp³-hybridized carbons (Fsp3) is 1.00. The van der Waals surface area contributed by atoms with E-state index in [-0.39, 0.29) is 6.54 Å². The van der Waals surface area contributed by atoms with E-state index in [1.54, 1.807) is 0 Å². The third-order valence-corrected chi connectivity index (χ3v) is 4.02. The molecule has 1 atom stereocenters. The minimum absolute atomic E-state index is 0.253. The van der Waals surface area contributed by atoms with E-state index in [9.17, 15) is 18.3 Å². The highest BCUT2D eigenvalue weighted by Gasteiger charge is 2.32. The van der Waals surface area contributed by atoms with E-state index in [0.29, 0.717) is 39.0 Å². The summed E-state index contributed by atoms with van der Waals surface area (Å²) in [6, 6.07) is 0. The van der Waals surface area contributed by atoms with Crippen LogP contribution < -0.4 is 5.73 Å². The molecule has 0 radical (unpaired) electrons. The van der Waals surface area contributed by atoms with E-state index in [2.05, 4.69) is 4.90 Å². The molecule has 1 aliphatic heterocycles. The van der Waals surface area contributed by atoms with Gasteiger partial charge in [0.2, 0.25) is 0 Å². The molecule has 4 nitrogen and oxygen atoms in total. The van der Waals surface area contributed by atoms with Crippen molar-refractivity contribution in [2.75, 3.05) is 45.8 Å². The van der Waals surface area contributed by atoms with Crippen molar-refractivity contribution >= 4 is 0 Å². The Balaban J connectivity index is 2.20. The van der Waals surface area contributed by atoms with Gasteiger partial charge in [-0.15, -0.1) is 0 Å². The monoisotopic (exact) mass is 297 g/mol. The molecule has 0 aromatic carbocycles. The van der Waals surface area contributed by atoms with Crippen LogP contribution in [0.15, 0.2) is 0 Å². The molecule has 1 aliphatic rings. The van der Waals surface area contributed by atoms with Crippen LogP contribution in [-0.2, 0) is 0 Å². The number of hydrogen-bond acceptors (Lipinski definition) is 4. The second-order valence-corrected chi connectivity index (χ2v) is 5.62. The summed E-state index contributed by atoms with van der Waals surface area (Å²) in [5.74, 6) is 0. The second kappa shape index (κ2) is 7.59. The number of nitrogens with zero attached hydrogens (tertiary/aromatic N) is 2. The number of hydrogen-bond donors (Lipinski definition) is 2. The molecule has 1 fully saturated rings. The van der Waals surface area contributed by atoms with Crippen molar-refractivity contribution in [1.82, 2.24) is 9.80 Å². The molecule has 1 saturated heterocycles. The molecular formula is C13H26F3N3O. The first-order valence-corrected chi connectivity index (χ1v) is 7.22.